The minimum absolute atomic E-state index is 0.308. The van der Waals surface area contributed by atoms with Crippen molar-refractivity contribution in [2.45, 2.75) is 64.5 Å². The molecule has 2 saturated carbocycles. The van der Waals surface area contributed by atoms with Crippen LogP contribution in [0.1, 0.15) is 52.9 Å². The molecule has 0 aromatic rings. The average molecular weight is 181 g/mol. The fourth-order valence-electron chi connectivity index (χ4n) is 3.30. The largest absolute Gasteiger partial charge is 0.309 e. The molecule has 1 N–H and O–H groups in total. The Morgan fingerprint density at radius 1 is 1.00 bits per heavy atom. The molecule has 2 aliphatic carbocycles. The highest BCUT2D eigenvalue weighted by atomic mass is 15.0. The Labute approximate surface area is 82.3 Å². The standard InChI is InChI=1S/C12H23N/c1-12(2,3)13-11-8-7-9-5-4-6-10(9)11/h9-11,13H,4-8H2,1-3H3. The number of hydrogen-bond acceptors (Lipinski definition) is 1. The molecule has 3 unspecified atom stereocenters. The number of nitrogens with one attached hydrogen (secondary N) is 1. The summed E-state index contributed by atoms with van der Waals surface area (Å²) in [7, 11) is 0. The highest BCUT2D eigenvalue weighted by molar-refractivity contribution is 4.95. The predicted octanol–water partition coefficient (Wildman–Crippen LogP) is 2.95. The summed E-state index contributed by atoms with van der Waals surface area (Å²) < 4.78 is 0. The molecule has 1 nitrogen and oxygen atoms in total. The first-order valence-electron chi connectivity index (χ1n) is 5.84. The molecule has 0 aromatic heterocycles. The van der Waals surface area contributed by atoms with Crippen LogP contribution in [0.15, 0.2) is 0 Å². The van der Waals surface area contributed by atoms with Gasteiger partial charge in [-0.05, 0) is 51.9 Å². The second kappa shape index (κ2) is 3.27. The molecular formula is C12H23N. The normalized spacial score (nSPS) is 39.5. The zero-order valence-electron chi connectivity index (χ0n) is 9.27. The van der Waals surface area contributed by atoms with Crippen molar-refractivity contribution in [2.24, 2.45) is 11.8 Å². The van der Waals surface area contributed by atoms with Crippen LogP contribution in [-0.4, -0.2) is 11.6 Å². The molecule has 76 valence electrons. The number of fused-ring (bicyclic) bond motifs is 1. The van der Waals surface area contributed by atoms with Gasteiger partial charge >= 0.3 is 0 Å². The Kier molecular flexibility index (Phi) is 2.39. The Hall–Kier alpha value is -0.0400. The molecule has 0 amide bonds. The minimum Gasteiger partial charge on any atom is -0.309 e. The lowest BCUT2D eigenvalue weighted by Gasteiger charge is -2.29. The molecule has 13 heavy (non-hydrogen) atoms. The molecule has 2 rings (SSSR count). The molecule has 0 aromatic carbocycles. The van der Waals surface area contributed by atoms with Crippen molar-refractivity contribution in [1.29, 1.82) is 0 Å². The lowest BCUT2D eigenvalue weighted by atomic mass is 9.95. The van der Waals surface area contributed by atoms with Gasteiger partial charge in [-0.15, -0.1) is 0 Å². The van der Waals surface area contributed by atoms with Crippen LogP contribution < -0.4 is 5.32 Å². The summed E-state index contributed by atoms with van der Waals surface area (Å²) >= 11 is 0. The third-order valence-corrected chi connectivity index (χ3v) is 3.70. The van der Waals surface area contributed by atoms with Crippen LogP contribution in [-0.2, 0) is 0 Å². The Morgan fingerprint density at radius 3 is 2.46 bits per heavy atom. The van der Waals surface area contributed by atoms with Gasteiger partial charge in [0, 0.05) is 11.6 Å². The maximum absolute atomic E-state index is 3.79. The molecule has 0 radical (unpaired) electrons. The van der Waals surface area contributed by atoms with Gasteiger partial charge in [0.05, 0.1) is 0 Å². The fraction of sp³-hybridized carbons (Fsp3) is 1.00. The van der Waals surface area contributed by atoms with Crippen molar-refractivity contribution >= 4 is 0 Å². The van der Waals surface area contributed by atoms with Crippen LogP contribution in [0.25, 0.3) is 0 Å². The van der Waals surface area contributed by atoms with E-state index < -0.39 is 0 Å². The fourth-order valence-corrected chi connectivity index (χ4v) is 3.30. The second-order valence-corrected chi connectivity index (χ2v) is 5.93. The number of rotatable bonds is 1. The quantitative estimate of drug-likeness (QED) is 0.656. The lowest BCUT2D eigenvalue weighted by molar-refractivity contribution is 0.294. The van der Waals surface area contributed by atoms with Gasteiger partial charge in [-0.25, -0.2) is 0 Å². The van der Waals surface area contributed by atoms with Crippen LogP contribution in [0.3, 0.4) is 0 Å². The van der Waals surface area contributed by atoms with E-state index in [0.717, 1.165) is 17.9 Å². The van der Waals surface area contributed by atoms with Crippen LogP contribution in [0.5, 0.6) is 0 Å². The average Bonchev–Trinajstić information content (AvgIpc) is 2.50. The summed E-state index contributed by atoms with van der Waals surface area (Å²) in [5.41, 5.74) is 0.308. The van der Waals surface area contributed by atoms with Gasteiger partial charge in [0.15, 0.2) is 0 Å². The molecule has 0 bridgehead atoms. The maximum atomic E-state index is 3.79. The Morgan fingerprint density at radius 2 is 1.77 bits per heavy atom. The predicted molar refractivity (Wildman–Crippen MR) is 56.7 cm³/mol. The van der Waals surface area contributed by atoms with Gasteiger partial charge < -0.3 is 5.32 Å². The Bertz CT molecular complexity index is 180. The van der Waals surface area contributed by atoms with Gasteiger partial charge in [-0.2, -0.15) is 0 Å². The van der Waals surface area contributed by atoms with E-state index in [-0.39, 0.29) is 0 Å². The molecule has 0 saturated heterocycles. The van der Waals surface area contributed by atoms with Crippen molar-refractivity contribution in [2.75, 3.05) is 0 Å². The molecular weight excluding hydrogens is 158 g/mol. The summed E-state index contributed by atoms with van der Waals surface area (Å²) in [5.74, 6) is 2.08. The summed E-state index contributed by atoms with van der Waals surface area (Å²) in [6.07, 6.45) is 7.38. The van der Waals surface area contributed by atoms with Gasteiger partial charge in [-0.1, -0.05) is 12.8 Å². The first kappa shape index (κ1) is 9.51. The van der Waals surface area contributed by atoms with E-state index in [1.807, 2.05) is 0 Å². The van der Waals surface area contributed by atoms with Gasteiger partial charge in [-0.3, -0.25) is 0 Å². The van der Waals surface area contributed by atoms with Crippen molar-refractivity contribution in [3.8, 4) is 0 Å². The second-order valence-electron chi connectivity index (χ2n) is 5.93. The molecule has 0 heterocycles. The molecule has 1 heteroatoms. The van der Waals surface area contributed by atoms with Gasteiger partial charge in [0.2, 0.25) is 0 Å². The van der Waals surface area contributed by atoms with Crippen molar-refractivity contribution in [1.82, 2.24) is 5.32 Å². The van der Waals surface area contributed by atoms with Crippen molar-refractivity contribution in [3.05, 3.63) is 0 Å². The van der Waals surface area contributed by atoms with Crippen LogP contribution in [0.2, 0.25) is 0 Å². The molecule has 0 aliphatic heterocycles. The van der Waals surface area contributed by atoms with E-state index >= 15 is 0 Å². The van der Waals surface area contributed by atoms with Crippen molar-refractivity contribution < 1.29 is 0 Å². The highest BCUT2D eigenvalue weighted by Crippen LogP contribution is 2.44. The third-order valence-electron chi connectivity index (χ3n) is 3.70. The summed E-state index contributed by atoms with van der Waals surface area (Å²) in [6.45, 7) is 6.86. The minimum atomic E-state index is 0.308. The van der Waals surface area contributed by atoms with E-state index in [4.69, 9.17) is 0 Å². The van der Waals surface area contributed by atoms with Gasteiger partial charge in [0.25, 0.3) is 0 Å². The lowest BCUT2D eigenvalue weighted by Crippen LogP contribution is -2.45. The zero-order valence-corrected chi connectivity index (χ0v) is 9.27. The highest BCUT2D eigenvalue weighted by Gasteiger charge is 2.39. The smallest absolute Gasteiger partial charge is 0.0103 e. The van der Waals surface area contributed by atoms with Gasteiger partial charge in [0.1, 0.15) is 0 Å². The molecule has 3 atom stereocenters. The van der Waals surface area contributed by atoms with E-state index in [1.54, 1.807) is 0 Å². The van der Waals surface area contributed by atoms with E-state index in [0.29, 0.717) is 5.54 Å². The monoisotopic (exact) mass is 181 g/mol. The first-order chi connectivity index (χ1) is 6.06. The van der Waals surface area contributed by atoms with E-state index in [9.17, 15) is 0 Å². The van der Waals surface area contributed by atoms with E-state index in [1.165, 1.54) is 32.1 Å². The summed E-state index contributed by atoms with van der Waals surface area (Å²) in [4.78, 5) is 0. The molecule has 2 fully saturated rings. The van der Waals surface area contributed by atoms with Crippen LogP contribution >= 0.6 is 0 Å². The number of hydrogen-bond donors (Lipinski definition) is 1. The van der Waals surface area contributed by atoms with Crippen LogP contribution in [0.4, 0.5) is 0 Å². The molecule has 0 spiro atoms. The first-order valence-corrected chi connectivity index (χ1v) is 5.84. The topological polar surface area (TPSA) is 12.0 Å². The zero-order chi connectivity index (χ0) is 9.47. The van der Waals surface area contributed by atoms with Crippen LogP contribution in [0, 0.1) is 11.8 Å². The third kappa shape index (κ3) is 2.07. The maximum Gasteiger partial charge on any atom is 0.0103 e. The van der Waals surface area contributed by atoms with Crippen molar-refractivity contribution in [3.63, 3.8) is 0 Å². The summed E-state index contributed by atoms with van der Waals surface area (Å²) in [5, 5.41) is 3.79. The van der Waals surface area contributed by atoms with E-state index in [2.05, 4.69) is 26.1 Å². The Balaban J connectivity index is 1.94. The SMILES string of the molecule is CC(C)(C)NC1CCC2CCCC21. The molecule has 2 aliphatic rings. The summed E-state index contributed by atoms with van der Waals surface area (Å²) in [6, 6.07) is 0.826.